The van der Waals surface area contributed by atoms with Gasteiger partial charge in [-0.15, -0.1) is 0 Å². The Balaban J connectivity index is 1.80. The molecule has 0 saturated carbocycles. The van der Waals surface area contributed by atoms with Crippen LogP contribution in [0.3, 0.4) is 0 Å². The summed E-state index contributed by atoms with van der Waals surface area (Å²) >= 11 is 0. The van der Waals surface area contributed by atoms with Gasteiger partial charge in [0.15, 0.2) is 17.3 Å². The van der Waals surface area contributed by atoms with Crippen LogP contribution in [0.15, 0.2) is 54.1 Å². The molecule has 0 N–H and O–H groups in total. The predicted octanol–water partition coefficient (Wildman–Crippen LogP) is 6.86. The molecule has 0 saturated heterocycles. The van der Waals surface area contributed by atoms with Gasteiger partial charge in [-0.3, -0.25) is 4.79 Å². The van der Waals surface area contributed by atoms with Crippen molar-refractivity contribution in [2.24, 2.45) is 0 Å². The number of Topliss-reactive ketones (excluding diaryl/α,β-unsaturated/α-hetero) is 1. The van der Waals surface area contributed by atoms with E-state index in [-0.39, 0.29) is 29.9 Å². The summed E-state index contributed by atoms with van der Waals surface area (Å²) in [4.78, 5) is 13.4. The molecule has 3 rings (SSSR count). The van der Waals surface area contributed by atoms with E-state index in [1.807, 2.05) is 26.8 Å². The zero-order chi connectivity index (χ0) is 25.2. The molecule has 2 aromatic rings. The number of rotatable bonds is 8. The van der Waals surface area contributed by atoms with Gasteiger partial charge in [-0.25, -0.2) is 4.39 Å². The van der Waals surface area contributed by atoms with Crippen molar-refractivity contribution in [2.75, 3.05) is 20.3 Å². The van der Waals surface area contributed by atoms with Crippen molar-refractivity contribution >= 4 is 5.78 Å². The molecular weight excluding hydrogens is 447 g/mol. The Morgan fingerprint density at radius 2 is 1.91 bits per heavy atom. The lowest BCUT2D eigenvalue weighted by atomic mass is 9.98. The van der Waals surface area contributed by atoms with Crippen LogP contribution >= 0.6 is 0 Å². The van der Waals surface area contributed by atoms with Crippen molar-refractivity contribution in [3.63, 3.8) is 0 Å². The Morgan fingerprint density at radius 1 is 1.14 bits per heavy atom. The number of ether oxygens (including phenoxy) is 4. The van der Waals surface area contributed by atoms with Crippen LogP contribution in [0.4, 0.5) is 4.39 Å². The zero-order valence-corrected chi connectivity index (χ0v) is 21.2. The monoisotopic (exact) mass is 484 g/mol. The maximum atomic E-state index is 13.5. The first-order valence-electron chi connectivity index (χ1n) is 12.5. The molecule has 1 aliphatic heterocycles. The SMILES string of the molecule is CCOC1CCCC=C(C(=O)c2ccc(OC(C)C)c(OC)c2)CCOC(c2ccc(F)cc2)C1. The van der Waals surface area contributed by atoms with Crippen LogP contribution in [0.1, 0.15) is 74.9 Å². The van der Waals surface area contributed by atoms with Crippen molar-refractivity contribution in [2.45, 2.75) is 71.2 Å². The van der Waals surface area contributed by atoms with Gasteiger partial charge in [-0.1, -0.05) is 18.2 Å². The van der Waals surface area contributed by atoms with Crippen LogP contribution in [0.25, 0.3) is 0 Å². The maximum absolute atomic E-state index is 13.5. The lowest BCUT2D eigenvalue weighted by Gasteiger charge is -2.24. The summed E-state index contributed by atoms with van der Waals surface area (Å²) in [6, 6.07) is 11.7. The number of hydrogen-bond acceptors (Lipinski definition) is 5. The van der Waals surface area contributed by atoms with E-state index in [4.69, 9.17) is 18.9 Å². The summed E-state index contributed by atoms with van der Waals surface area (Å²) < 4.78 is 37.0. The minimum Gasteiger partial charge on any atom is -0.493 e. The Bertz CT molecular complexity index is 983. The van der Waals surface area contributed by atoms with Crippen LogP contribution in [-0.2, 0) is 9.47 Å². The van der Waals surface area contributed by atoms with Crippen LogP contribution in [0.2, 0.25) is 0 Å². The van der Waals surface area contributed by atoms with E-state index >= 15 is 0 Å². The van der Waals surface area contributed by atoms with E-state index in [2.05, 4.69) is 0 Å². The molecule has 2 unspecified atom stereocenters. The topological polar surface area (TPSA) is 54.0 Å². The fourth-order valence-electron chi connectivity index (χ4n) is 4.31. The first kappa shape index (κ1) is 26.9. The Morgan fingerprint density at radius 3 is 2.60 bits per heavy atom. The third-order valence-corrected chi connectivity index (χ3v) is 6.01. The predicted molar refractivity (Wildman–Crippen MR) is 135 cm³/mol. The average Bonchev–Trinajstić information content (AvgIpc) is 2.89. The van der Waals surface area contributed by atoms with Crippen LogP contribution < -0.4 is 9.47 Å². The van der Waals surface area contributed by atoms with E-state index in [9.17, 15) is 9.18 Å². The van der Waals surface area contributed by atoms with E-state index in [1.54, 1.807) is 37.4 Å². The molecule has 5 nitrogen and oxygen atoms in total. The fraction of sp³-hybridized carbons (Fsp3) is 0.483. The van der Waals surface area contributed by atoms with Gasteiger partial charge in [0.1, 0.15) is 5.82 Å². The number of hydrogen-bond donors (Lipinski definition) is 0. The minimum absolute atomic E-state index is 0.00195. The number of halogens is 1. The van der Waals surface area contributed by atoms with Gasteiger partial charge >= 0.3 is 0 Å². The fourth-order valence-corrected chi connectivity index (χ4v) is 4.31. The van der Waals surface area contributed by atoms with Gasteiger partial charge in [0, 0.05) is 18.6 Å². The van der Waals surface area contributed by atoms with E-state index in [0.717, 1.165) is 30.4 Å². The highest BCUT2D eigenvalue weighted by molar-refractivity contribution is 6.09. The lowest BCUT2D eigenvalue weighted by molar-refractivity contribution is -0.0174. The Labute approximate surface area is 208 Å². The summed E-state index contributed by atoms with van der Waals surface area (Å²) in [5.74, 6) is 0.835. The van der Waals surface area contributed by atoms with E-state index < -0.39 is 0 Å². The molecule has 1 aliphatic rings. The molecular formula is C29H37FO5. The standard InChI is InChI=1S/C29H37FO5/c1-5-33-25-9-7-6-8-22(16-17-34-27(19-25)21-10-13-24(30)14-11-21)29(31)23-12-15-26(35-20(2)3)28(18-23)32-4/h8,10-15,18,20,25,27H,5-7,9,16-17,19H2,1-4H3. The first-order chi connectivity index (χ1) is 16.9. The number of allylic oxidation sites excluding steroid dienone is 1. The van der Waals surface area contributed by atoms with Crippen molar-refractivity contribution in [1.82, 2.24) is 0 Å². The average molecular weight is 485 g/mol. The molecule has 35 heavy (non-hydrogen) atoms. The maximum Gasteiger partial charge on any atom is 0.188 e. The van der Waals surface area contributed by atoms with Gasteiger partial charge in [-0.05, 0) is 87.9 Å². The zero-order valence-electron chi connectivity index (χ0n) is 21.2. The highest BCUT2D eigenvalue weighted by Crippen LogP contribution is 2.31. The number of carbonyl (C=O) groups is 1. The van der Waals surface area contributed by atoms with Crippen molar-refractivity contribution < 1.29 is 28.1 Å². The Hall–Kier alpha value is -2.70. The molecule has 0 aromatic heterocycles. The van der Waals surface area contributed by atoms with Crippen molar-refractivity contribution in [3.05, 3.63) is 71.1 Å². The molecule has 0 aliphatic carbocycles. The van der Waals surface area contributed by atoms with Gasteiger partial charge < -0.3 is 18.9 Å². The third kappa shape index (κ3) is 7.91. The van der Waals surface area contributed by atoms with Gasteiger partial charge in [0.2, 0.25) is 0 Å². The smallest absolute Gasteiger partial charge is 0.188 e. The summed E-state index contributed by atoms with van der Waals surface area (Å²) in [5.41, 5.74) is 2.19. The van der Waals surface area contributed by atoms with Gasteiger partial charge in [-0.2, -0.15) is 0 Å². The van der Waals surface area contributed by atoms with Gasteiger partial charge in [0.05, 0.1) is 32.0 Å². The van der Waals surface area contributed by atoms with Crippen LogP contribution in [-0.4, -0.2) is 38.3 Å². The molecule has 0 spiro atoms. The van der Waals surface area contributed by atoms with Gasteiger partial charge in [0.25, 0.3) is 0 Å². The molecule has 190 valence electrons. The quantitative estimate of drug-likeness (QED) is 0.383. The van der Waals surface area contributed by atoms with E-state index in [1.165, 1.54) is 12.1 Å². The lowest BCUT2D eigenvalue weighted by Crippen LogP contribution is -2.19. The molecule has 0 amide bonds. The second-order valence-electron chi connectivity index (χ2n) is 9.00. The molecule has 1 heterocycles. The van der Waals surface area contributed by atoms with Crippen LogP contribution in [0, 0.1) is 5.82 Å². The Kier molecular flexibility index (Phi) is 10.3. The number of benzene rings is 2. The third-order valence-electron chi connectivity index (χ3n) is 6.01. The normalized spacial score (nSPS) is 19.5. The number of methoxy groups -OCH3 is 1. The van der Waals surface area contributed by atoms with Crippen molar-refractivity contribution in [1.29, 1.82) is 0 Å². The molecule has 2 aromatic carbocycles. The summed E-state index contributed by atoms with van der Waals surface area (Å²) in [7, 11) is 1.57. The largest absolute Gasteiger partial charge is 0.493 e. The first-order valence-corrected chi connectivity index (χ1v) is 12.5. The summed E-state index contributed by atoms with van der Waals surface area (Å²) in [5, 5.41) is 0. The summed E-state index contributed by atoms with van der Waals surface area (Å²) in [6.45, 7) is 6.88. The van der Waals surface area contributed by atoms with Crippen molar-refractivity contribution in [3.8, 4) is 11.5 Å². The highest BCUT2D eigenvalue weighted by atomic mass is 19.1. The second kappa shape index (κ2) is 13.4. The number of carbonyl (C=O) groups excluding carboxylic acids is 1. The molecule has 6 heteroatoms. The highest BCUT2D eigenvalue weighted by Gasteiger charge is 2.22. The molecule has 0 bridgehead atoms. The molecule has 0 fully saturated rings. The minimum atomic E-state index is -0.275. The summed E-state index contributed by atoms with van der Waals surface area (Å²) in [6.07, 6.45) is 5.58. The number of ketones is 1. The van der Waals surface area contributed by atoms with E-state index in [0.29, 0.717) is 43.1 Å². The second-order valence-corrected chi connectivity index (χ2v) is 9.00. The molecule has 0 radical (unpaired) electrons. The molecule has 2 atom stereocenters. The van der Waals surface area contributed by atoms with Crippen LogP contribution in [0.5, 0.6) is 11.5 Å².